The van der Waals surface area contributed by atoms with E-state index in [1.807, 2.05) is 0 Å². The molecule has 20 rings (SSSR count). The maximum Gasteiger partial charge on any atom is 0.0361 e. The van der Waals surface area contributed by atoms with Gasteiger partial charge in [-0.1, -0.05) is 340 Å². The fraction of sp³-hybridized carbons (Fsp3) is 0.423. The van der Waals surface area contributed by atoms with Crippen LogP contribution in [-0.2, 0) is 12.8 Å². The minimum absolute atomic E-state index is 0.322. The second-order valence-corrected chi connectivity index (χ2v) is 34.1. The molecule has 0 heteroatoms. The molecule has 0 nitrogen and oxygen atoms in total. The second kappa shape index (κ2) is 28.5. The monoisotopic (exact) mass is 1360 g/mol. The summed E-state index contributed by atoms with van der Waals surface area (Å²) in [5.41, 5.74) is 40.4. The van der Waals surface area contributed by atoms with Crippen molar-refractivity contribution in [2.24, 2.45) is 0 Å². The predicted molar refractivity (Wildman–Crippen MR) is 450 cm³/mol. The zero-order valence-corrected chi connectivity index (χ0v) is 63.7. The Morgan fingerprint density at radius 1 is 0.317 bits per heavy atom. The summed E-state index contributed by atoms with van der Waals surface area (Å²) >= 11 is 0. The first-order valence-electron chi connectivity index (χ1n) is 43.1. The van der Waals surface area contributed by atoms with Gasteiger partial charge in [0.25, 0.3) is 0 Å². The lowest BCUT2D eigenvalue weighted by atomic mass is 9.48. The van der Waals surface area contributed by atoms with Crippen LogP contribution in [0.15, 0.2) is 218 Å². The number of allylic oxidation sites excluding steroid dienone is 30. The summed E-state index contributed by atoms with van der Waals surface area (Å²) in [7, 11) is 0. The van der Waals surface area contributed by atoms with Gasteiger partial charge in [0.05, 0.1) is 0 Å². The number of rotatable bonds is 34. The Hall–Kier alpha value is -7.80. The molecule has 12 aliphatic rings. The summed E-state index contributed by atoms with van der Waals surface area (Å²) in [6, 6.07) is 24.3. The third-order valence-electron chi connectivity index (χ3n) is 27.6. The van der Waals surface area contributed by atoms with Gasteiger partial charge in [0.2, 0.25) is 0 Å². The standard InChI is InChI=1S/C62H64.C42H48/c1-3-5-7-9-11-13-15-17-23-37-33-47-45-31-21-29-43-41-27-19-25-39-40-26-20-28-42-44-30-22-32-46-48-34-38(24-18-16-14-12-10-8-6-4-2)36-50-49(35-37)55(47)61-59(53(43)45)57(51(39)41)58(52(40)42)60(54(44)46)62(61)56(48)50;1-3-5-7-9-10-11-12-13-14-16-18-32-27-33-22-21-29-19-20-30-23-25-35-31(17-15-8-6-4-2)28-34-24-26-36(32)42-39(33)37(29)38(30)41(35)40(34)42/h19-22,25-27,30-35,51,54-55H,3-18,23-24,28-29,36H2,1-2H3;19-28H,3-18H2,1-2H3. The Balaban J connectivity index is 0.000000155. The zero-order valence-electron chi connectivity index (χ0n) is 63.7. The zero-order chi connectivity index (χ0) is 69.5. The van der Waals surface area contributed by atoms with Gasteiger partial charge in [-0.05, 0) is 269 Å². The minimum atomic E-state index is 0.322. The van der Waals surface area contributed by atoms with Crippen molar-refractivity contribution < 1.29 is 0 Å². The van der Waals surface area contributed by atoms with Crippen LogP contribution < -0.4 is 0 Å². The molecule has 0 spiro atoms. The third-order valence-corrected chi connectivity index (χ3v) is 27.6. The molecule has 3 unspecified atom stereocenters. The lowest BCUT2D eigenvalue weighted by Gasteiger charge is -2.54. The Morgan fingerprint density at radius 3 is 1.22 bits per heavy atom. The van der Waals surface area contributed by atoms with E-state index in [1.165, 1.54) is 289 Å². The smallest absolute Gasteiger partial charge is 0.0361 e. The van der Waals surface area contributed by atoms with Gasteiger partial charge < -0.3 is 0 Å². The highest BCUT2D eigenvalue weighted by Gasteiger charge is 2.56. The molecule has 528 valence electrons. The van der Waals surface area contributed by atoms with Crippen LogP contribution in [0.4, 0.5) is 0 Å². The molecule has 0 heterocycles. The van der Waals surface area contributed by atoms with Gasteiger partial charge in [-0.25, -0.2) is 0 Å². The highest BCUT2D eigenvalue weighted by molar-refractivity contribution is 6.45. The SMILES string of the molecule is CCCCCCCCCCC1=CC2=C3CC(CCCCCCCCCC)=CC4=C3c3c5c6c7c8c3C2C(=C1)C1=C8C(=C2C=CC=C(C3=C6C(=C6C=CC=C4C65)CC=C3)C27)CC=C1.CCCCCCCCCCCCc1cc2ccc3ccc4ccc5c(CCCCCC)cc6ccc1c1c2c3c4c5c61. The van der Waals surface area contributed by atoms with E-state index in [-0.39, 0.29) is 0 Å². The molecule has 8 aromatic carbocycles. The average Bonchev–Trinajstić information content (AvgIpc) is 0.645. The summed E-state index contributed by atoms with van der Waals surface area (Å²) in [5, 5.41) is 17.7. The van der Waals surface area contributed by atoms with E-state index in [0.29, 0.717) is 17.8 Å². The van der Waals surface area contributed by atoms with E-state index >= 15 is 0 Å². The topological polar surface area (TPSA) is 0 Å². The predicted octanol–water partition coefficient (Wildman–Crippen LogP) is 30.8. The maximum atomic E-state index is 2.77. The van der Waals surface area contributed by atoms with Crippen molar-refractivity contribution in [3.05, 3.63) is 262 Å². The van der Waals surface area contributed by atoms with Gasteiger partial charge in [0, 0.05) is 17.8 Å². The molecule has 0 N–H and O–H groups in total. The molecule has 0 saturated heterocycles. The summed E-state index contributed by atoms with van der Waals surface area (Å²) in [6.07, 6.45) is 82.5. The van der Waals surface area contributed by atoms with Gasteiger partial charge in [-0.3, -0.25) is 0 Å². The van der Waals surface area contributed by atoms with Gasteiger partial charge in [-0.2, -0.15) is 0 Å². The van der Waals surface area contributed by atoms with Crippen LogP contribution in [0.2, 0.25) is 0 Å². The van der Waals surface area contributed by atoms with E-state index in [0.717, 1.165) is 19.3 Å². The largest absolute Gasteiger partial charge is 0.0795 e. The number of hydrogen-bond donors (Lipinski definition) is 0. The van der Waals surface area contributed by atoms with Crippen molar-refractivity contribution in [2.45, 2.75) is 283 Å². The summed E-state index contributed by atoms with van der Waals surface area (Å²) in [4.78, 5) is 0. The Morgan fingerprint density at radius 2 is 0.702 bits per heavy atom. The van der Waals surface area contributed by atoms with E-state index in [9.17, 15) is 0 Å². The highest BCUT2D eigenvalue weighted by atomic mass is 14.6. The summed E-state index contributed by atoms with van der Waals surface area (Å²) in [6.45, 7) is 9.27. The van der Waals surface area contributed by atoms with Crippen LogP contribution in [0.1, 0.15) is 315 Å². The summed E-state index contributed by atoms with van der Waals surface area (Å²) in [5.74, 6) is 0.967. The van der Waals surface area contributed by atoms with Gasteiger partial charge >= 0.3 is 0 Å². The van der Waals surface area contributed by atoms with E-state index in [4.69, 9.17) is 0 Å². The molecule has 0 aliphatic heterocycles. The first-order valence-corrected chi connectivity index (χ1v) is 43.1. The molecular weight excluding hydrogens is 1250 g/mol. The molecular formula is C104H112. The van der Waals surface area contributed by atoms with E-state index in [2.05, 4.69) is 167 Å². The van der Waals surface area contributed by atoms with Crippen molar-refractivity contribution in [3.8, 4) is 0 Å². The van der Waals surface area contributed by atoms with E-state index in [1.54, 1.807) is 134 Å². The maximum absolute atomic E-state index is 2.77. The van der Waals surface area contributed by atoms with Crippen LogP contribution in [0, 0.1) is 0 Å². The molecule has 0 fully saturated rings. The molecule has 0 bridgehead atoms. The van der Waals surface area contributed by atoms with Gasteiger partial charge in [0.1, 0.15) is 0 Å². The number of unbranched alkanes of at least 4 members (excludes halogenated alkanes) is 26. The quantitative estimate of drug-likeness (QED) is 0.0214. The number of fused-ring (bicyclic) bond motifs is 3. The number of benzene rings is 8. The van der Waals surface area contributed by atoms with Gasteiger partial charge in [-0.15, -0.1) is 0 Å². The molecule has 8 aromatic rings. The van der Waals surface area contributed by atoms with Crippen molar-refractivity contribution in [2.75, 3.05) is 0 Å². The molecule has 0 radical (unpaired) electrons. The Labute approximate surface area is 622 Å². The Kier molecular flexibility index (Phi) is 18.3. The normalized spacial score (nSPS) is 20.0. The molecule has 12 aliphatic carbocycles. The first kappa shape index (κ1) is 66.9. The lowest BCUT2D eigenvalue weighted by molar-refractivity contribution is 0.556. The fourth-order valence-electron chi connectivity index (χ4n) is 22.8. The molecule has 0 saturated carbocycles. The van der Waals surface area contributed by atoms with Crippen molar-refractivity contribution >= 4 is 81.4 Å². The Bertz CT molecular complexity index is 5310. The summed E-state index contributed by atoms with van der Waals surface area (Å²) < 4.78 is 0. The van der Waals surface area contributed by atoms with Crippen LogP contribution >= 0.6 is 0 Å². The lowest BCUT2D eigenvalue weighted by Crippen LogP contribution is -2.37. The second-order valence-electron chi connectivity index (χ2n) is 34.1. The highest BCUT2D eigenvalue weighted by Crippen LogP contribution is 2.73. The van der Waals surface area contributed by atoms with Crippen LogP contribution in [0.25, 0.3) is 81.4 Å². The average molecular weight is 1360 g/mol. The van der Waals surface area contributed by atoms with E-state index < -0.39 is 0 Å². The van der Waals surface area contributed by atoms with Crippen LogP contribution in [-0.4, -0.2) is 0 Å². The number of hydrogen-bond acceptors (Lipinski definition) is 0. The first-order chi connectivity index (χ1) is 51.6. The van der Waals surface area contributed by atoms with Gasteiger partial charge in [0.15, 0.2) is 0 Å². The minimum Gasteiger partial charge on any atom is -0.0795 e. The van der Waals surface area contributed by atoms with Crippen LogP contribution in [0.5, 0.6) is 0 Å². The van der Waals surface area contributed by atoms with Crippen LogP contribution in [0.3, 0.4) is 0 Å². The third kappa shape index (κ3) is 10.9. The molecule has 104 heavy (non-hydrogen) atoms. The molecule has 0 amide bonds. The molecule has 0 aromatic heterocycles. The van der Waals surface area contributed by atoms with Crippen molar-refractivity contribution in [3.63, 3.8) is 0 Å². The fourth-order valence-corrected chi connectivity index (χ4v) is 22.8. The van der Waals surface area contributed by atoms with Crippen molar-refractivity contribution in [1.82, 2.24) is 0 Å². The molecule has 3 atom stereocenters. The number of aryl methyl sites for hydroxylation is 2. The van der Waals surface area contributed by atoms with Crippen molar-refractivity contribution in [1.29, 1.82) is 0 Å².